The van der Waals surface area contributed by atoms with E-state index in [0.717, 1.165) is 25.7 Å². The van der Waals surface area contributed by atoms with E-state index in [0.29, 0.717) is 0 Å². The Labute approximate surface area is 183 Å². The van der Waals surface area contributed by atoms with E-state index in [-0.39, 0.29) is 27.6 Å². The van der Waals surface area contributed by atoms with Crippen LogP contribution in [0.5, 0.6) is 0 Å². The monoisotopic (exact) mass is 430 g/mol. The van der Waals surface area contributed by atoms with Crippen molar-refractivity contribution < 1.29 is 52.4 Å². The van der Waals surface area contributed by atoms with Gasteiger partial charge in [0.15, 0.2) is 6.29 Å². The van der Waals surface area contributed by atoms with Crippen LogP contribution < -0.4 is 20.4 Å². The Morgan fingerprint density at radius 3 is 0.963 bits per heavy atom. The largest absolute Gasteiger partial charge is 4.00 e. The summed E-state index contributed by atoms with van der Waals surface area (Å²) < 4.78 is 0. The Kier molecular flexibility index (Phi) is 52.6. The van der Waals surface area contributed by atoms with Crippen LogP contribution in [0.1, 0.15) is 94.9 Å². The molecule has 1 atom stereocenters. The molecule has 166 valence electrons. The van der Waals surface area contributed by atoms with Gasteiger partial charge in [0.1, 0.15) is 0 Å². The smallest absolute Gasteiger partial charge is 0.852 e. The average Bonchev–Trinajstić information content (AvgIpc) is 2.36. The van der Waals surface area contributed by atoms with Crippen LogP contribution in [0.3, 0.4) is 0 Å². The molecule has 0 saturated heterocycles. The van der Waals surface area contributed by atoms with Crippen LogP contribution in [0, 0.1) is 5.92 Å². The summed E-state index contributed by atoms with van der Waals surface area (Å²) in [5.41, 5.74) is 0. The Morgan fingerprint density at radius 2 is 0.852 bits per heavy atom. The van der Waals surface area contributed by atoms with Crippen molar-refractivity contribution in [2.75, 3.05) is 0 Å². The molecule has 0 spiro atoms. The summed E-state index contributed by atoms with van der Waals surface area (Å²) in [6.45, 7) is 17.0. The number of aliphatic hydroxyl groups is 2. The fraction of sp³-hybridized carbons (Fsp3) is 1.00. The Balaban J connectivity index is -0.0000000552. The van der Waals surface area contributed by atoms with Gasteiger partial charge in [0, 0.05) is 5.92 Å². The third-order valence-corrected chi connectivity index (χ3v) is 1.87. The number of rotatable bonds is 5. The van der Waals surface area contributed by atoms with Crippen molar-refractivity contribution in [3.63, 3.8) is 0 Å². The van der Waals surface area contributed by atoms with Crippen LogP contribution in [0.15, 0.2) is 0 Å². The zero-order valence-electron chi connectivity index (χ0n) is 19.3. The average molecular weight is 430 g/mol. The fourth-order valence-electron chi connectivity index (χ4n) is 1.03. The maximum absolute atomic E-state index is 9.53. The molecule has 2 N–H and O–H groups in total. The van der Waals surface area contributed by atoms with Crippen molar-refractivity contribution in [3.05, 3.63) is 0 Å². The van der Waals surface area contributed by atoms with Gasteiger partial charge in [0.2, 0.25) is 0 Å². The van der Waals surface area contributed by atoms with E-state index < -0.39 is 30.7 Å². The number of aliphatic hydroxyl groups excluding tert-OH is 1. The van der Waals surface area contributed by atoms with E-state index in [1.807, 2.05) is 6.92 Å². The maximum Gasteiger partial charge on any atom is 4.00 e. The molecule has 0 aromatic heterocycles. The maximum atomic E-state index is 9.53. The van der Waals surface area contributed by atoms with Crippen LogP contribution in [-0.2, 0) is 21.7 Å². The molecule has 1 unspecified atom stereocenters. The van der Waals surface area contributed by atoms with E-state index in [1.165, 1.54) is 0 Å². The minimum atomic E-state index is -1.11. The third-order valence-electron chi connectivity index (χ3n) is 1.87. The summed E-state index contributed by atoms with van der Waals surface area (Å²) in [6.07, 6.45) is 1.23. The molecule has 0 rings (SSSR count). The molecule has 0 bridgehead atoms. The molecule has 6 nitrogen and oxygen atoms in total. The van der Waals surface area contributed by atoms with Gasteiger partial charge in [-0.05, 0) is 12.8 Å². The summed E-state index contributed by atoms with van der Waals surface area (Å²) in [6, 6.07) is 0. The molecule has 0 amide bonds. The molecule has 0 radical (unpaired) electrons. The molecular formula is C20H46O6Ti. The molecule has 0 aliphatic rings. The second-order valence-electron chi connectivity index (χ2n) is 6.92. The van der Waals surface area contributed by atoms with Gasteiger partial charge in [-0.15, -0.1) is 24.4 Å². The number of hydrogen-bond acceptors (Lipinski definition) is 6. The minimum absolute atomic E-state index is 0. The summed E-state index contributed by atoms with van der Waals surface area (Å²) in [7, 11) is 0. The quantitative estimate of drug-likeness (QED) is 0.483. The van der Waals surface area contributed by atoms with Crippen LogP contribution in [0.4, 0.5) is 0 Å². The zero-order valence-corrected chi connectivity index (χ0v) is 20.9. The molecular weight excluding hydrogens is 384 g/mol. The van der Waals surface area contributed by atoms with Crippen LogP contribution in [0.25, 0.3) is 0 Å². The van der Waals surface area contributed by atoms with Crippen molar-refractivity contribution in [1.29, 1.82) is 0 Å². The van der Waals surface area contributed by atoms with Crippen molar-refractivity contribution in [2.24, 2.45) is 5.92 Å². The third kappa shape index (κ3) is 145. The predicted octanol–water partition coefficient (Wildman–Crippen LogP) is 0.531. The summed E-state index contributed by atoms with van der Waals surface area (Å²) in [4.78, 5) is 0. The first kappa shape index (κ1) is 41.8. The van der Waals surface area contributed by atoms with Gasteiger partial charge in [0.05, 0.1) is 0 Å². The number of hydrogen-bond donors (Lipinski definition) is 2. The van der Waals surface area contributed by atoms with E-state index in [1.54, 1.807) is 55.4 Å². The van der Waals surface area contributed by atoms with Gasteiger partial charge in [-0.25, -0.2) is 0 Å². The van der Waals surface area contributed by atoms with E-state index >= 15 is 0 Å². The minimum Gasteiger partial charge on any atom is -0.852 e. The summed E-state index contributed by atoms with van der Waals surface area (Å²) in [5, 5.41) is 55.7. The molecule has 7 heteroatoms. The Hall–Kier alpha value is 0.474. The molecule has 0 aliphatic heterocycles. The normalized spacial score (nSPS) is 10.6. The zero-order chi connectivity index (χ0) is 22.3. The molecule has 0 saturated carbocycles. The van der Waals surface area contributed by atoms with Crippen molar-refractivity contribution >= 4 is 0 Å². The fourth-order valence-corrected chi connectivity index (χ4v) is 1.03. The van der Waals surface area contributed by atoms with Crippen LogP contribution >= 0.6 is 0 Å². The Morgan fingerprint density at radius 1 is 0.630 bits per heavy atom. The van der Waals surface area contributed by atoms with Crippen LogP contribution in [-0.4, -0.2) is 40.9 Å². The second-order valence-corrected chi connectivity index (χ2v) is 6.92. The molecule has 27 heavy (non-hydrogen) atoms. The van der Waals surface area contributed by atoms with Gasteiger partial charge in [-0.3, -0.25) is 0 Å². The first-order chi connectivity index (χ1) is 11.6. The van der Waals surface area contributed by atoms with Crippen LogP contribution in [0.2, 0.25) is 0 Å². The van der Waals surface area contributed by atoms with Crippen molar-refractivity contribution in [1.82, 2.24) is 0 Å². The first-order valence-corrected chi connectivity index (χ1v) is 9.64. The van der Waals surface area contributed by atoms with Gasteiger partial charge < -0.3 is 30.6 Å². The van der Waals surface area contributed by atoms with Gasteiger partial charge in [-0.1, -0.05) is 82.1 Å². The standard InChI is InChI=1S/C8H18O2.4C3H7O.Ti/c1-3-5-6-7(4-2)8(9)10;4*1-3(2)4;/h7-10H,3-6H2,1-2H3;4*3H,1-2H3;/q;4*-1;+4. The first-order valence-electron chi connectivity index (χ1n) is 9.64. The topological polar surface area (TPSA) is 133 Å². The van der Waals surface area contributed by atoms with Crippen molar-refractivity contribution in [3.8, 4) is 0 Å². The van der Waals surface area contributed by atoms with E-state index in [4.69, 9.17) is 10.2 Å². The molecule has 0 fully saturated rings. The molecule has 0 aromatic rings. The molecule has 0 aromatic carbocycles. The summed E-state index contributed by atoms with van der Waals surface area (Å²) >= 11 is 0. The van der Waals surface area contributed by atoms with Gasteiger partial charge >= 0.3 is 21.7 Å². The summed E-state index contributed by atoms with van der Waals surface area (Å²) in [5.74, 6) is 0.0833. The van der Waals surface area contributed by atoms with E-state index in [2.05, 4.69) is 6.92 Å². The molecule has 0 heterocycles. The van der Waals surface area contributed by atoms with Crippen molar-refractivity contribution in [2.45, 2.75) is 126 Å². The predicted molar refractivity (Wildman–Crippen MR) is 102 cm³/mol. The van der Waals surface area contributed by atoms with Gasteiger partial charge in [0.25, 0.3) is 0 Å². The number of unbranched alkanes of at least 4 members (excludes halogenated alkanes) is 1. The Bertz CT molecular complexity index is 178. The van der Waals surface area contributed by atoms with E-state index in [9.17, 15) is 20.4 Å². The second kappa shape index (κ2) is 34.0. The molecule has 0 aliphatic carbocycles. The SMILES string of the molecule is CC(C)[O-].CC(C)[O-].CC(C)[O-].CC(C)[O-].CCCCC(CC)C(O)O.[Ti+4]. The van der Waals surface area contributed by atoms with Gasteiger partial charge in [-0.2, -0.15) is 0 Å².